The Kier molecular flexibility index (Phi) is 9.39. The summed E-state index contributed by atoms with van der Waals surface area (Å²) in [6, 6.07) is 4.83. The van der Waals surface area contributed by atoms with Gasteiger partial charge in [-0.1, -0.05) is 24.8 Å². The van der Waals surface area contributed by atoms with Gasteiger partial charge in [-0.25, -0.2) is 9.78 Å². The highest BCUT2D eigenvalue weighted by Crippen LogP contribution is 2.15. The van der Waals surface area contributed by atoms with Crippen LogP contribution in [-0.2, 0) is 20.8 Å². The fourth-order valence-electron chi connectivity index (χ4n) is 3.95. The summed E-state index contributed by atoms with van der Waals surface area (Å²) >= 11 is 0. The molecule has 12 nitrogen and oxygen atoms in total. The molecule has 0 spiro atoms. The summed E-state index contributed by atoms with van der Waals surface area (Å²) < 4.78 is 13.3. The van der Waals surface area contributed by atoms with Gasteiger partial charge in [0.1, 0.15) is 16.9 Å². The molecule has 204 valence electrons. The molecular weight excluding hydrogens is 506 g/mol. The van der Waals surface area contributed by atoms with Gasteiger partial charge in [-0.3, -0.25) is 24.1 Å². The van der Waals surface area contributed by atoms with Crippen LogP contribution in [0.25, 0.3) is 16.7 Å². The van der Waals surface area contributed by atoms with E-state index in [4.69, 9.17) is 9.47 Å². The summed E-state index contributed by atoms with van der Waals surface area (Å²) in [6.07, 6.45) is 5.18. The number of aryl methyl sites for hydroxylation is 1. The molecule has 0 radical (unpaired) electrons. The van der Waals surface area contributed by atoms with Gasteiger partial charge >= 0.3 is 5.97 Å². The third-order valence-corrected chi connectivity index (χ3v) is 5.79. The number of esters is 1. The van der Waals surface area contributed by atoms with Crippen LogP contribution in [-0.4, -0.2) is 51.1 Å². The molecule has 0 aliphatic carbocycles. The minimum atomic E-state index is -0.794. The molecule has 0 aliphatic heterocycles. The second-order valence-electron chi connectivity index (χ2n) is 8.49. The number of carbonyl (C=O) groups excluding carboxylic acids is 2. The van der Waals surface area contributed by atoms with Crippen LogP contribution in [0.2, 0.25) is 0 Å². The van der Waals surface area contributed by atoms with E-state index < -0.39 is 28.8 Å². The lowest BCUT2D eigenvalue weighted by Gasteiger charge is -2.15. The van der Waals surface area contributed by atoms with Crippen molar-refractivity contribution in [3.05, 3.63) is 97.6 Å². The lowest BCUT2D eigenvalue weighted by Crippen LogP contribution is -2.33. The molecule has 0 fully saturated rings. The number of hydrogen-bond donors (Lipinski definition) is 0. The number of hydrogen-bond acceptors (Lipinski definition) is 8. The monoisotopic (exact) mass is 535 g/mol. The van der Waals surface area contributed by atoms with E-state index in [0.717, 1.165) is 5.56 Å². The highest BCUT2D eigenvalue weighted by Gasteiger charge is 2.21. The Morgan fingerprint density at radius 3 is 2.69 bits per heavy atom. The zero-order valence-electron chi connectivity index (χ0n) is 22.2. The molecule has 0 bridgehead atoms. The molecule has 1 amide bonds. The fraction of sp³-hybridized carbons (Fsp3) is 0.296. The first-order chi connectivity index (χ1) is 18.6. The Morgan fingerprint density at radius 1 is 1.31 bits per heavy atom. The number of methoxy groups -OCH3 is 1. The van der Waals surface area contributed by atoms with Gasteiger partial charge in [-0.2, -0.15) is 4.99 Å². The molecule has 0 saturated heterocycles. The van der Waals surface area contributed by atoms with Crippen molar-refractivity contribution in [3.8, 4) is 0 Å². The second kappa shape index (κ2) is 12.7. The average molecular weight is 536 g/mol. The third-order valence-electron chi connectivity index (χ3n) is 5.79. The van der Waals surface area contributed by atoms with E-state index in [1.54, 1.807) is 32.2 Å². The van der Waals surface area contributed by atoms with E-state index in [-0.39, 0.29) is 53.1 Å². The number of allylic oxidation sites excluding steroid dienone is 3. The minimum Gasteiger partial charge on any atom is -0.462 e. The largest absolute Gasteiger partial charge is 0.462 e. The van der Waals surface area contributed by atoms with Crippen molar-refractivity contribution in [2.75, 3.05) is 20.3 Å². The number of fused-ring (bicyclic) bond motifs is 2. The molecule has 0 N–H and O–H groups in total. The number of aromatic nitrogens is 3. The highest BCUT2D eigenvalue weighted by atomic mass is 16.6. The molecule has 0 saturated carbocycles. The molecule has 3 rings (SSSR count). The summed E-state index contributed by atoms with van der Waals surface area (Å²) in [6.45, 7) is 8.65. The molecule has 0 unspecified atom stereocenters. The lowest BCUT2D eigenvalue weighted by atomic mass is 10.1. The lowest BCUT2D eigenvalue weighted by molar-refractivity contribution is -0.420. The topological polar surface area (TPSA) is 147 Å². The molecule has 3 aromatic heterocycles. The van der Waals surface area contributed by atoms with Crippen LogP contribution in [0.5, 0.6) is 0 Å². The number of pyridine rings is 2. The van der Waals surface area contributed by atoms with Crippen LogP contribution in [0, 0.1) is 17.0 Å². The number of nitrogens with zero attached hydrogens (tertiary/aromatic N) is 5. The number of rotatable bonds is 10. The van der Waals surface area contributed by atoms with Gasteiger partial charge in [0.15, 0.2) is 5.49 Å². The van der Waals surface area contributed by atoms with E-state index in [1.807, 2.05) is 0 Å². The Morgan fingerprint density at radius 2 is 2.05 bits per heavy atom. The fourth-order valence-corrected chi connectivity index (χ4v) is 3.95. The van der Waals surface area contributed by atoms with Crippen LogP contribution >= 0.6 is 0 Å². The summed E-state index contributed by atoms with van der Waals surface area (Å²) in [5, 5.41) is 11.6. The highest BCUT2D eigenvalue weighted by molar-refractivity contribution is 5.94. The molecule has 12 heteroatoms. The standard InChI is InChI=1S/C27H29N5O7/c1-6-8-11-21(32(36)37)18(4)15-22(33)28-25-20(27(35)39-7-2)16-19-24(30(25)13-14-38-5)29-23-17(3)10-9-12-31(23)26(19)34/h6,8-12,16H,1,7,13-15H2,2-5H3/b11-8-,21-18+,28-25?. The van der Waals surface area contributed by atoms with E-state index in [9.17, 15) is 24.5 Å². The number of amides is 1. The van der Waals surface area contributed by atoms with E-state index in [2.05, 4.69) is 16.6 Å². The van der Waals surface area contributed by atoms with Crippen molar-refractivity contribution in [2.24, 2.45) is 4.99 Å². The summed E-state index contributed by atoms with van der Waals surface area (Å²) in [5.74, 6) is -1.54. The van der Waals surface area contributed by atoms with Gasteiger partial charge in [0.25, 0.3) is 17.2 Å². The molecule has 3 heterocycles. The first-order valence-electron chi connectivity index (χ1n) is 12.1. The van der Waals surface area contributed by atoms with Crippen LogP contribution in [0.3, 0.4) is 0 Å². The van der Waals surface area contributed by atoms with Crippen molar-refractivity contribution in [1.82, 2.24) is 14.0 Å². The van der Waals surface area contributed by atoms with Gasteiger partial charge in [0.2, 0.25) is 0 Å². The van der Waals surface area contributed by atoms with Crippen molar-refractivity contribution < 1.29 is 24.0 Å². The maximum absolute atomic E-state index is 13.4. The summed E-state index contributed by atoms with van der Waals surface area (Å²) in [5.41, 5.74) is 0.575. The average Bonchev–Trinajstić information content (AvgIpc) is 2.88. The number of carbonyl (C=O) groups is 2. The Bertz CT molecular complexity index is 1660. The normalized spacial score (nSPS) is 12.7. The Balaban J connectivity index is 2.39. The number of ether oxygens (including phenoxy) is 2. The molecule has 3 aromatic rings. The third kappa shape index (κ3) is 6.24. The summed E-state index contributed by atoms with van der Waals surface area (Å²) in [4.78, 5) is 59.3. The van der Waals surface area contributed by atoms with E-state index in [0.29, 0.717) is 5.65 Å². The van der Waals surface area contributed by atoms with Crippen molar-refractivity contribution in [1.29, 1.82) is 0 Å². The van der Waals surface area contributed by atoms with Crippen LogP contribution in [0.15, 0.2) is 70.3 Å². The van der Waals surface area contributed by atoms with E-state index in [1.165, 1.54) is 47.3 Å². The zero-order chi connectivity index (χ0) is 28.7. The minimum absolute atomic E-state index is 0.0418. The maximum atomic E-state index is 13.4. The smallest absolute Gasteiger partial charge is 0.341 e. The van der Waals surface area contributed by atoms with Gasteiger partial charge < -0.3 is 14.0 Å². The molecule has 0 aliphatic rings. The van der Waals surface area contributed by atoms with Crippen LogP contribution in [0.1, 0.15) is 36.2 Å². The van der Waals surface area contributed by atoms with Gasteiger partial charge in [-0.05, 0) is 38.5 Å². The molecule has 0 aromatic carbocycles. The maximum Gasteiger partial charge on any atom is 0.341 e. The summed E-state index contributed by atoms with van der Waals surface area (Å²) in [7, 11) is 1.48. The predicted molar refractivity (Wildman–Crippen MR) is 144 cm³/mol. The molecular formula is C27H29N5O7. The van der Waals surface area contributed by atoms with Crippen LogP contribution in [0.4, 0.5) is 0 Å². The van der Waals surface area contributed by atoms with Gasteiger partial charge in [0.05, 0.1) is 29.9 Å². The quantitative estimate of drug-likeness (QED) is 0.127. The predicted octanol–water partition coefficient (Wildman–Crippen LogP) is 2.89. The second-order valence-corrected chi connectivity index (χ2v) is 8.49. The SMILES string of the molecule is C=C/C=C\C(=C(\C)CC(=O)N=c1c(C(=O)OCC)cc2c(=O)n3cccc(C)c3nc2n1CCOC)[N+](=O)[O-]. The van der Waals surface area contributed by atoms with E-state index >= 15 is 0 Å². The van der Waals surface area contributed by atoms with Crippen molar-refractivity contribution >= 4 is 28.6 Å². The van der Waals surface area contributed by atoms with Crippen molar-refractivity contribution in [3.63, 3.8) is 0 Å². The van der Waals surface area contributed by atoms with Gasteiger partial charge in [0, 0.05) is 31.5 Å². The van der Waals surface area contributed by atoms with Crippen molar-refractivity contribution in [2.45, 2.75) is 33.7 Å². The molecule has 39 heavy (non-hydrogen) atoms. The first-order valence-corrected chi connectivity index (χ1v) is 12.1. The zero-order valence-corrected chi connectivity index (χ0v) is 22.2. The molecule has 0 atom stereocenters. The van der Waals surface area contributed by atoms with Crippen LogP contribution < -0.4 is 11.0 Å². The van der Waals surface area contributed by atoms with Gasteiger partial charge in [-0.15, -0.1) is 0 Å². The first kappa shape index (κ1) is 28.9. The Hall–Kier alpha value is -4.71. The number of nitro groups is 1. The Labute approximate surface area is 223 Å².